The predicted molar refractivity (Wildman–Crippen MR) is 103 cm³/mol. The lowest BCUT2D eigenvalue weighted by Crippen LogP contribution is -2.26. The van der Waals surface area contributed by atoms with E-state index in [0.29, 0.717) is 24.4 Å². The SMILES string of the molecule is Cc1ccc(Sc2ccc(CNCCC(=O)N(C)C)cc2[N+](=O)[O-])cc1. The number of benzene rings is 2. The zero-order valence-corrected chi connectivity index (χ0v) is 16.0. The molecule has 1 amide bonds. The first-order valence-electron chi connectivity index (χ1n) is 8.29. The van der Waals surface area contributed by atoms with E-state index in [0.717, 1.165) is 16.0 Å². The maximum absolute atomic E-state index is 11.5. The highest BCUT2D eigenvalue weighted by Gasteiger charge is 2.16. The Bertz CT molecular complexity index is 776. The third-order valence-corrected chi connectivity index (χ3v) is 4.89. The normalized spacial score (nSPS) is 10.6. The number of aryl methyl sites for hydroxylation is 1. The molecule has 0 saturated carbocycles. The quantitative estimate of drug-likeness (QED) is 0.434. The highest BCUT2D eigenvalue weighted by Crippen LogP contribution is 2.35. The van der Waals surface area contributed by atoms with Crippen LogP contribution in [0.3, 0.4) is 0 Å². The lowest BCUT2D eigenvalue weighted by molar-refractivity contribution is -0.387. The number of hydrogen-bond donors (Lipinski definition) is 1. The summed E-state index contributed by atoms with van der Waals surface area (Å²) >= 11 is 1.38. The molecule has 7 heteroatoms. The average molecular weight is 373 g/mol. The first-order chi connectivity index (χ1) is 12.4. The van der Waals surface area contributed by atoms with Gasteiger partial charge in [-0.3, -0.25) is 14.9 Å². The van der Waals surface area contributed by atoms with Crippen molar-refractivity contribution in [2.45, 2.75) is 29.7 Å². The summed E-state index contributed by atoms with van der Waals surface area (Å²) in [6, 6.07) is 13.1. The molecular weight excluding hydrogens is 350 g/mol. The molecule has 26 heavy (non-hydrogen) atoms. The summed E-state index contributed by atoms with van der Waals surface area (Å²) in [5.74, 6) is 0.0494. The maximum atomic E-state index is 11.5. The minimum atomic E-state index is -0.352. The van der Waals surface area contributed by atoms with Crippen LogP contribution in [0, 0.1) is 17.0 Å². The van der Waals surface area contributed by atoms with Crippen molar-refractivity contribution in [2.75, 3.05) is 20.6 Å². The molecule has 6 nitrogen and oxygen atoms in total. The van der Waals surface area contributed by atoms with E-state index in [9.17, 15) is 14.9 Å². The second kappa shape index (κ2) is 9.35. The Balaban J connectivity index is 2.02. The average Bonchev–Trinajstić information content (AvgIpc) is 2.61. The zero-order chi connectivity index (χ0) is 19.1. The molecule has 0 spiro atoms. The molecule has 0 aromatic heterocycles. The molecular formula is C19H23N3O3S. The van der Waals surface area contributed by atoms with Gasteiger partial charge in [-0.15, -0.1) is 0 Å². The Morgan fingerprint density at radius 1 is 1.19 bits per heavy atom. The first kappa shape index (κ1) is 19.9. The van der Waals surface area contributed by atoms with Gasteiger partial charge in [0.15, 0.2) is 0 Å². The topological polar surface area (TPSA) is 75.5 Å². The van der Waals surface area contributed by atoms with E-state index < -0.39 is 0 Å². The third-order valence-electron chi connectivity index (χ3n) is 3.81. The molecule has 0 unspecified atom stereocenters. The number of amides is 1. The van der Waals surface area contributed by atoms with Crippen molar-refractivity contribution >= 4 is 23.4 Å². The maximum Gasteiger partial charge on any atom is 0.283 e. The smallest absolute Gasteiger partial charge is 0.283 e. The minimum Gasteiger partial charge on any atom is -0.349 e. The van der Waals surface area contributed by atoms with Crippen molar-refractivity contribution in [1.82, 2.24) is 10.2 Å². The Kier molecular flexibility index (Phi) is 7.17. The minimum absolute atomic E-state index is 0.0494. The molecule has 0 atom stereocenters. The number of hydrogen-bond acceptors (Lipinski definition) is 5. The van der Waals surface area contributed by atoms with Gasteiger partial charge in [0.05, 0.1) is 9.82 Å². The molecule has 0 radical (unpaired) electrons. The molecule has 2 aromatic rings. The number of rotatable bonds is 8. The van der Waals surface area contributed by atoms with Crippen LogP contribution in [0.4, 0.5) is 5.69 Å². The van der Waals surface area contributed by atoms with Crippen LogP contribution in [-0.2, 0) is 11.3 Å². The van der Waals surface area contributed by atoms with Crippen molar-refractivity contribution in [2.24, 2.45) is 0 Å². The highest BCUT2D eigenvalue weighted by molar-refractivity contribution is 7.99. The summed E-state index contributed by atoms with van der Waals surface area (Å²) in [7, 11) is 3.44. The van der Waals surface area contributed by atoms with Gasteiger partial charge in [-0.2, -0.15) is 0 Å². The van der Waals surface area contributed by atoms with E-state index in [1.807, 2.05) is 37.3 Å². The Morgan fingerprint density at radius 2 is 1.88 bits per heavy atom. The lowest BCUT2D eigenvalue weighted by Gasteiger charge is -2.11. The van der Waals surface area contributed by atoms with Crippen LogP contribution in [0.2, 0.25) is 0 Å². The van der Waals surface area contributed by atoms with Gasteiger partial charge in [0.25, 0.3) is 5.69 Å². The monoisotopic (exact) mass is 373 g/mol. The van der Waals surface area contributed by atoms with Crippen LogP contribution in [0.25, 0.3) is 0 Å². The van der Waals surface area contributed by atoms with Crippen molar-refractivity contribution in [1.29, 1.82) is 0 Å². The van der Waals surface area contributed by atoms with Crippen LogP contribution in [0.1, 0.15) is 17.5 Å². The summed E-state index contributed by atoms with van der Waals surface area (Å²) in [5, 5.41) is 14.6. The van der Waals surface area contributed by atoms with Crippen LogP contribution in [0.15, 0.2) is 52.3 Å². The van der Waals surface area contributed by atoms with Crippen LogP contribution in [0.5, 0.6) is 0 Å². The second-order valence-electron chi connectivity index (χ2n) is 6.19. The molecule has 2 aromatic carbocycles. The van der Waals surface area contributed by atoms with Crippen LogP contribution >= 0.6 is 11.8 Å². The zero-order valence-electron chi connectivity index (χ0n) is 15.2. The Labute approximate surface area is 157 Å². The molecule has 0 saturated heterocycles. The first-order valence-corrected chi connectivity index (χ1v) is 9.11. The predicted octanol–water partition coefficient (Wildman–Crippen LogP) is 3.62. The van der Waals surface area contributed by atoms with Gasteiger partial charge in [-0.25, -0.2) is 0 Å². The fraction of sp³-hybridized carbons (Fsp3) is 0.316. The fourth-order valence-corrected chi connectivity index (χ4v) is 3.19. The third kappa shape index (κ3) is 5.86. The second-order valence-corrected chi connectivity index (χ2v) is 7.30. The molecule has 1 N–H and O–H groups in total. The van der Waals surface area contributed by atoms with Gasteiger partial charge in [0, 0.05) is 44.6 Å². The highest BCUT2D eigenvalue weighted by atomic mass is 32.2. The largest absolute Gasteiger partial charge is 0.349 e. The number of carbonyl (C=O) groups is 1. The molecule has 0 fully saturated rings. The van der Waals surface area contributed by atoms with E-state index in [4.69, 9.17) is 0 Å². The molecule has 0 aliphatic heterocycles. The number of nitrogens with zero attached hydrogens (tertiary/aromatic N) is 2. The molecule has 0 heterocycles. The summed E-state index contributed by atoms with van der Waals surface area (Å²) in [6.07, 6.45) is 0.399. The Morgan fingerprint density at radius 3 is 2.50 bits per heavy atom. The van der Waals surface area contributed by atoms with Gasteiger partial charge in [-0.1, -0.05) is 35.5 Å². The van der Waals surface area contributed by atoms with Gasteiger partial charge in [-0.05, 0) is 30.7 Å². The molecule has 2 rings (SSSR count). The summed E-state index contributed by atoms with van der Waals surface area (Å²) in [6.45, 7) is 3.02. The van der Waals surface area contributed by atoms with Crippen molar-refractivity contribution in [3.63, 3.8) is 0 Å². The standard InChI is InChI=1S/C19H23N3O3S/c1-14-4-7-16(8-5-14)26-18-9-6-15(12-17(18)22(24)25)13-20-11-10-19(23)21(2)3/h4-9,12,20H,10-11,13H2,1-3H3. The van der Waals surface area contributed by atoms with Crippen LogP contribution < -0.4 is 5.32 Å². The number of carbonyl (C=O) groups excluding carboxylic acids is 1. The molecule has 0 bridgehead atoms. The summed E-state index contributed by atoms with van der Waals surface area (Å²) in [4.78, 5) is 25.7. The van der Waals surface area contributed by atoms with Crippen LogP contribution in [-0.4, -0.2) is 36.4 Å². The van der Waals surface area contributed by atoms with E-state index in [1.54, 1.807) is 31.1 Å². The fourth-order valence-electron chi connectivity index (χ4n) is 2.29. The lowest BCUT2D eigenvalue weighted by atomic mass is 10.2. The van der Waals surface area contributed by atoms with Gasteiger partial charge in [0.2, 0.25) is 5.91 Å². The van der Waals surface area contributed by atoms with E-state index in [1.165, 1.54) is 11.8 Å². The van der Waals surface area contributed by atoms with E-state index in [2.05, 4.69) is 5.32 Å². The summed E-state index contributed by atoms with van der Waals surface area (Å²) < 4.78 is 0. The van der Waals surface area contributed by atoms with E-state index in [-0.39, 0.29) is 16.5 Å². The Hall–Kier alpha value is -2.38. The van der Waals surface area contributed by atoms with Crippen molar-refractivity contribution < 1.29 is 9.72 Å². The molecule has 0 aliphatic carbocycles. The number of nitro benzene ring substituents is 1. The molecule has 138 valence electrons. The van der Waals surface area contributed by atoms with Gasteiger partial charge in [0.1, 0.15) is 0 Å². The number of nitrogens with one attached hydrogen (secondary N) is 1. The molecule has 0 aliphatic rings. The summed E-state index contributed by atoms with van der Waals surface area (Å²) in [5.41, 5.74) is 2.07. The van der Waals surface area contributed by atoms with E-state index >= 15 is 0 Å². The van der Waals surface area contributed by atoms with Gasteiger partial charge >= 0.3 is 0 Å². The van der Waals surface area contributed by atoms with Gasteiger partial charge < -0.3 is 10.2 Å². The van der Waals surface area contributed by atoms with Crippen molar-refractivity contribution in [3.05, 3.63) is 63.7 Å². The number of nitro groups is 1. The van der Waals surface area contributed by atoms with Crippen molar-refractivity contribution in [3.8, 4) is 0 Å².